The van der Waals surface area contributed by atoms with Crippen LogP contribution in [0.4, 0.5) is 5.82 Å². The topological polar surface area (TPSA) is 64.2 Å². The van der Waals surface area contributed by atoms with Crippen molar-refractivity contribution in [3.05, 3.63) is 93.4 Å². The van der Waals surface area contributed by atoms with Crippen LogP contribution in [-0.2, 0) is 6.54 Å². The highest BCUT2D eigenvalue weighted by Crippen LogP contribution is 2.29. The number of nitrogens with zero attached hydrogens (tertiary/aromatic N) is 4. The van der Waals surface area contributed by atoms with Crippen molar-refractivity contribution in [2.24, 2.45) is 0 Å². The van der Waals surface area contributed by atoms with Crippen LogP contribution < -0.4 is 0 Å². The predicted octanol–water partition coefficient (Wildman–Crippen LogP) is 4.78. The maximum Gasteiger partial charge on any atom is 0.381 e. The highest BCUT2D eigenvalue weighted by atomic mass is 35.5. The van der Waals surface area contributed by atoms with E-state index in [0.29, 0.717) is 30.5 Å². The number of aromatic nitrogens is 2. The summed E-state index contributed by atoms with van der Waals surface area (Å²) in [5.41, 5.74) is 2.25. The zero-order valence-electron chi connectivity index (χ0n) is 15.1. The molecule has 0 saturated carbocycles. The van der Waals surface area contributed by atoms with Gasteiger partial charge in [-0.3, -0.25) is 4.90 Å². The first kappa shape index (κ1) is 20.3. The second kappa shape index (κ2) is 9.68. The van der Waals surface area contributed by atoms with Crippen LogP contribution in [-0.4, -0.2) is 38.3 Å². The third kappa shape index (κ3) is 5.10. The highest BCUT2D eigenvalue weighted by Gasteiger charge is 2.22. The van der Waals surface area contributed by atoms with E-state index in [4.69, 9.17) is 23.2 Å². The van der Waals surface area contributed by atoms with E-state index in [0.717, 1.165) is 11.1 Å². The quantitative estimate of drug-likeness (QED) is 0.285. The number of hydrogen-bond donors (Lipinski definition) is 0. The molecule has 6 nitrogen and oxygen atoms in total. The van der Waals surface area contributed by atoms with Crippen molar-refractivity contribution in [1.82, 2.24) is 14.5 Å². The Morgan fingerprint density at radius 2 is 1.75 bits per heavy atom. The lowest BCUT2D eigenvalue weighted by Gasteiger charge is -2.32. The van der Waals surface area contributed by atoms with Gasteiger partial charge >= 0.3 is 5.82 Å². The lowest BCUT2D eigenvalue weighted by atomic mass is 9.97. The fourth-order valence-corrected chi connectivity index (χ4v) is 3.52. The number of benzene rings is 2. The lowest BCUT2D eigenvalue weighted by molar-refractivity contribution is -0.389. The monoisotopic (exact) mass is 418 g/mol. The van der Waals surface area contributed by atoms with Crippen molar-refractivity contribution >= 4 is 29.0 Å². The van der Waals surface area contributed by atoms with Crippen molar-refractivity contribution in [2.75, 3.05) is 19.0 Å². The summed E-state index contributed by atoms with van der Waals surface area (Å²) in [6.07, 6.45) is 2.93. The molecule has 28 heavy (non-hydrogen) atoms. The molecular weight excluding hydrogens is 399 g/mol. The standard InChI is InChI=1S/C20H20Cl2N4O2/c21-10-11-25(13-12-24-14-19(23-15-24)26(27)28)20(16-4-2-1-3-5-16)17-6-8-18(22)9-7-17/h1-9,14-15,20H,10-13H2/t20-/m0/s1. The summed E-state index contributed by atoms with van der Waals surface area (Å²) in [4.78, 5) is 16.4. The Labute approximate surface area is 173 Å². The number of imidazole rings is 1. The average Bonchev–Trinajstić information content (AvgIpc) is 3.18. The van der Waals surface area contributed by atoms with Gasteiger partial charge in [-0.1, -0.05) is 54.1 Å². The van der Waals surface area contributed by atoms with E-state index in [2.05, 4.69) is 22.0 Å². The Morgan fingerprint density at radius 1 is 1.07 bits per heavy atom. The minimum absolute atomic E-state index is 0.00396. The Balaban J connectivity index is 1.87. The fraction of sp³-hybridized carbons (Fsp3) is 0.250. The molecule has 0 spiro atoms. The number of rotatable bonds is 9. The Kier molecular flexibility index (Phi) is 7.03. The van der Waals surface area contributed by atoms with Crippen molar-refractivity contribution in [3.8, 4) is 0 Å². The van der Waals surface area contributed by atoms with E-state index < -0.39 is 4.92 Å². The van der Waals surface area contributed by atoms with Crippen LogP contribution in [0.1, 0.15) is 17.2 Å². The van der Waals surface area contributed by atoms with E-state index in [1.165, 1.54) is 12.5 Å². The van der Waals surface area contributed by atoms with Crippen LogP contribution in [0.15, 0.2) is 67.1 Å². The van der Waals surface area contributed by atoms with Gasteiger partial charge in [0.25, 0.3) is 0 Å². The van der Waals surface area contributed by atoms with Gasteiger partial charge < -0.3 is 14.7 Å². The van der Waals surface area contributed by atoms with Gasteiger partial charge in [-0.2, -0.15) is 0 Å². The van der Waals surface area contributed by atoms with Crippen molar-refractivity contribution in [2.45, 2.75) is 12.6 Å². The molecule has 0 aliphatic carbocycles. The normalized spacial score (nSPS) is 12.2. The molecule has 0 bridgehead atoms. The van der Waals surface area contributed by atoms with E-state index in [9.17, 15) is 10.1 Å². The van der Waals surface area contributed by atoms with Gasteiger partial charge in [-0.05, 0) is 33.2 Å². The predicted molar refractivity (Wildman–Crippen MR) is 111 cm³/mol. The van der Waals surface area contributed by atoms with E-state index >= 15 is 0 Å². The molecule has 0 unspecified atom stereocenters. The zero-order chi connectivity index (χ0) is 19.9. The summed E-state index contributed by atoms with van der Waals surface area (Å²) < 4.78 is 1.73. The molecule has 0 aliphatic heterocycles. The van der Waals surface area contributed by atoms with Crippen LogP contribution >= 0.6 is 23.2 Å². The van der Waals surface area contributed by atoms with Crippen LogP contribution in [0.3, 0.4) is 0 Å². The minimum atomic E-state index is -0.493. The lowest BCUT2D eigenvalue weighted by Crippen LogP contribution is -2.34. The van der Waals surface area contributed by atoms with Crippen molar-refractivity contribution in [1.29, 1.82) is 0 Å². The van der Waals surface area contributed by atoms with Crippen LogP contribution in [0.2, 0.25) is 5.02 Å². The smallest absolute Gasteiger partial charge is 0.358 e. The van der Waals surface area contributed by atoms with Crippen LogP contribution in [0.5, 0.6) is 0 Å². The van der Waals surface area contributed by atoms with Crippen molar-refractivity contribution in [3.63, 3.8) is 0 Å². The molecule has 2 aromatic carbocycles. The molecule has 0 fully saturated rings. The highest BCUT2D eigenvalue weighted by molar-refractivity contribution is 6.30. The minimum Gasteiger partial charge on any atom is -0.358 e. The number of nitro groups is 1. The molecule has 0 amide bonds. The Bertz CT molecular complexity index is 900. The van der Waals surface area contributed by atoms with Gasteiger partial charge in [0.2, 0.25) is 6.33 Å². The summed E-state index contributed by atoms with van der Waals surface area (Å²) in [6, 6.07) is 18.0. The molecule has 0 saturated heterocycles. The van der Waals surface area contributed by atoms with E-state index in [-0.39, 0.29) is 11.9 Å². The second-order valence-electron chi connectivity index (χ2n) is 6.32. The maximum absolute atomic E-state index is 10.9. The molecular formula is C20H20Cl2N4O2. The maximum atomic E-state index is 10.9. The Morgan fingerprint density at radius 3 is 2.36 bits per heavy atom. The molecule has 0 N–H and O–H groups in total. The first-order valence-corrected chi connectivity index (χ1v) is 9.76. The van der Waals surface area contributed by atoms with Gasteiger partial charge in [-0.15, -0.1) is 11.6 Å². The van der Waals surface area contributed by atoms with Gasteiger partial charge in [0.1, 0.15) is 6.20 Å². The molecule has 0 aliphatic rings. The van der Waals surface area contributed by atoms with E-state index in [1.807, 2.05) is 42.5 Å². The largest absolute Gasteiger partial charge is 0.381 e. The summed E-state index contributed by atoms with van der Waals surface area (Å²) in [5.74, 6) is 0.322. The summed E-state index contributed by atoms with van der Waals surface area (Å²) >= 11 is 12.2. The number of hydrogen-bond acceptors (Lipinski definition) is 4. The molecule has 1 atom stereocenters. The summed E-state index contributed by atoms with van der Waals surface area (Å²) in [7, 11) is 0. The summed E-state index contributed by atoms with van der Waals surface area (Å²) in [5, 5.41) is 11.5. The number of alkyl halides is 1. The third-order valence-corrected chi connectivity index (χ3v) is 4.91. The van der Waals surface area contributed by atoms with Crippen LogP contribution in [0, 0.1) is 10.1 Å². The van der Waals surface area contributed by atoms with Crippen molar-refractivity contribution < 1.29 is 4.92 Å². The van der Waals surface area contributed by atoms with Gasteiger partial charge in [0, 0.05) is 30.5 Å². The molecule has 146 valence electrons. The first-order valence-electron chi connectivity index (χ1n) is 8.85. The van der Waals surface area contributed by atoms with Gasteiger partial charge in [-0.25, -0.2) is 0 Å². The Hall–Kier alpha value is -2.41. The number of halogens is 2. The fourth-order valence-electron chi connectivity index (χ4n) is 3.18. The average molecular weight is 419 g/mol. The third-order valence-electron chi connectivity index (χ3n) is 4.49. The molecule has 1 aromatic heterocycles. The van der Waals surface area contributed by atoms with E-state index in [1.54, 1.807) is 4.57 Å². The zero-order valence-corrected chi connectivity index (χ0v) is 16.6. The SMILES string of the molecule is O=[N+]([O-])c1cn(CCN(CCCl)[C@@H](c2ccccc2)c2ccc(Cl)cc2)cn1. The van der Waals surface area contributed by atoms with Gasteiger partial charge in [0.15, 0.2) is 0 Å². The molecule has 8 heteroatoms. The molecule has 3 aromatic rings. The van der Waals surface area contributed by atoms with Gasteiger partial charge in [0.05, 0.1) is 6.04 Å². The first-order chi connectivity index (χ1) is 13.6. The molecule has 0 radical (unpaired) electrons. The summed E-state index contributed by atoms with van der Waals surface area (Å²) in [6.45, 7) is 1.89. The molecule has 1 heterocycles. The molecule has 3 rings (SSSR count). The van der Waals surface area contributed by atoms with Crippen LogP contribution in [0.25, 0.3) is 0 Å². The second-order valence-corrected chi connectivity index (χ2v) is 7.13.